The van der Waals surface area contributed by atoms with E-state index in [0.717, 1.165) is 11.5 Å². The monoisotopic (exact) mass is 378 g/mol. The molecular weight excluding hydrogens is 359 g/mol. The molecule has 2 rings (SSSR count). The standard InChI is InChI=1S/C17H19FN4O3S/c1-4-25-17(24)19-16-15(11(3)22-26-16)10(2)20-21-14(23)9-12-5-7-13(18)8-6-12/h5-8H,4,9H2,1-3H3,(H,19,24)(H,21,23)/b20-10+. The first kappa shape index (κ1) is 19.5. The summed E-state index contributed by atoms with van der Waals surface area (Å²) < 4.78 is 21.9. The van der Waals surface area contributed by atoms with Crippen molar-refractivity contribution in [1.82, 2.24) is 9.80 Å². The molecule has 7 nitrogen and oxygen atoms in total. The van der Waals surface area contributed by atoms with Crippen LogP contribution in [0.15, 0.2) is 29.4 Å². The topological polar surface area (TPSA) is 92.7 Å². The number of ether oxygens (including phenoxy) is 1. The van der Waals surface area contributed by atoms with Crippen LogP contribution >= 0.6 is 11.5 Å². The van der Waals surface area contributed by atoms with Crippen LogP contribution in [0.25, 0.3) is 0 Å². The van der Waals surface area contributed by atoms with Crippen molar-refractivity contribution in [3.8, 4) is 0 Å². The molecule has 1 heterocycles. The molecule has 0 radical (unpaired) electrons. The van der Waals surface area contributed by atoms with E-state index in [1.54, 1.807) is 32.9 Å². The van der Waals surface area contributed by atoms with Gasteiger partial charge in [-0.15, -0.1) is 0 Å². The summed E-state index contributed by atoms with van der Waals surface area (Å²) in [4.78, 5) is 23.6. The molecule has 0 saturated heterocycles. The molecule has 0 saturated carbocycles. The Morgan fingerprint density at radius 1 is 1.31 bits per heavy atom. The molecule has 0 atom stereocenters. The number of aryl methyl sites for hydroxylation is 1. The van der Waals surface area contributed by atoms with E-state index in [4.69, 9.17) is 4.74 Å². The fourth-order valence-electron chi connectivity index (χ4n) is 2.17. The lowest BCUT2D eigenvalue weighted by Crippen LogP contribution is -2.22. The predicted octanol–water partition coefficient (Wildman–Crippen LogP) is 3.24. The number of aromatic nitrogens is 1. The first-order chi connectivity index (χ1) is 12.4. The van der Waals surface area contributed by atoms with Crippen LogP contribution in [0.5, 0.6) is 0 Å². The molecule has 0 unspecified atom stereocenters. The molecule has 26 heavy (non-hydrogen) atoms. The average Bonchev–Trinajstić information content (AvgIpc) is 2.95. The fourth-order valence-corrected chi connectivity index (χ4v) is 3.01. The summed E-state index contributed by atoms with van der Waals surface area (Å²) >= 11 is 1.11. The normalized spacial score (nSPS) is 11.2. The van der Waals surface area contributed by atoms with E-state index in [1.807, 2.05) is 0 Å². The third-order valence-electron chi connectivity index (χ3n) is 3.34. The summed E-state index contributed by atoms with van der Waals surface area (Å²) in [7, 11) is 0. The molecule has 1 aromatic carbocycles. The van der Waals surface area contributed by atoms with E-state index >= 15 is 0 Å². The number of carbonyl (C=O) groups excluding carboxylic acids is 2. The van der Waals surface area contributed by atoms with Gasteiger partial charge in [-0.3, -0.25) is 10.1 Å². The lowest BCUT2D eigenvalue weighted by atomic mass is 10.1. The Bertz CT molecular complexity index is 818. The van der Waals surface area contributed by atoms with E-state index in [-0.39, 0.29) is 24.8 Å². The van der Waals surface area contributed by atoms with Crippen LogP contribution in [0.1, 0.15) is 30.7 Å². The molecule has 9 heteroatoms. The fraction of sp³-hybridized carbons (Fsp3) is 0.294. The minimum Gasteiger partial charge on any atom is -0.450 e. The number of nitrogens with zero attached hydrogens (tertiary/aromatic N) is 2. The number of hydrogen-bond acceptors (Lipinski definition) is 6. The van der Waals surface area contributed by atoms with Crippen LogP contribution in [-0.2, 0) is 16.0 Å². The Kier molecular flexibility index (Phi) is 6.79. The van der Waals surface area contributed by atoms with Crippen LogP contribution in [-0.4, -0.2) is 28.7 Å². The summed E-state index contributed by atoms with van der Waals surface area (Å²) in [5, 5.41) is 7.18. The van der Waals surface area contributed by atoms with Gasteiger partial charge in [0.1, 0.15) is 10.8 Å². The highest BCUT2D eigenvalue weighted by molar-refractivity contribution is 7.11. The summed E-state index contributed by atoms with van der Waals surface area (Å²) in [5.41, 5.74) is 4.93. The molecule has 0 bridgehead atoms. The van der Waals surface area contributed by atoms with Gasteiger partial charge < -0.3 is 4.74 Å². The van der Waals surface area contributed by atoms with Crippen molar-refractivity contribution in [1.29, 1.82) is 0 Å². The maximum atomic E-state index is 12.9. The molecule has 0 spiro atoms. The van der Waals surface area contributed by atoms with Crippen LogP contribution in [0, 0.1) is 12.7 Å². The van der Waals surface area contributed by atoms with Crippen LogP contribution in [0.3, 0.4) is 0 Å². The largest absolute Gasteiger partial charge is 0.450 e. The van der Waals surface area contributed by atoms with Crippen molar-refractivity contribution in [3.05, 3.63) is 46.9 Å². The summed E-state index contributed by atoms with van der Waals surface area (Å²) in [6.07, 6.45) is -0.503. The van der Waals surface area contributed by atoms with Gasteiger partial charge in [-0.25, -0.2) is 14.6 Å². The van der Waals surface area contributed by atoms with Crippen molar-refractivity contribution >= 4 is 34.2 Å². The summed E-state index contributed by atoms with van der Waals surface area (Å²) in [6.45, 7) is 5.44. The van der Waals surface area contributed by atoms with Crippen molar-refractivity contribution in [3.63, 3.8) is 0 Å². The van der Waals surface area contributed by atoms with E-state index < -0.39 is 6.09 Å². The number of hydrogen-bond donors (Lipinski definition) is 2. The smallest absolute Gasteiger partial charge is 0.412 e. The van der Waals surface area contributed by atoms with Gasteiger partial charge in [-0.1, -0.05) is 12.1 Å². The zero-order valence-corrected chi connectivity index (χ0v) is 15.4. The lowest BCUT2D eigenvalue weighted by molar-refractivity contribution is -0.120. The van der Waals surface area contributed by atoms with Gasteiger partial charge >= 0.3 is 6.09 Å². The molecule has 0 aliphatic carbocycles. The molecule has 2 N–H and O–H groups in total. The lowest BCUT2D eigenvalue weighted by Gasteiger charge is -2.07. The highest BCUT2D eigenvalue weighted by Crippen LogP contribution is 2.25. The molecule has 0 fully saturated rings. The SMILES string of the molecule is CCOC(=O)Nc1snc(C)c1/C(C)=N/NC(=O)Cc1ccc(F)cc1. The van der Waals surface area contributed by atoms with E-state index in [0.29, 0.717) is 27.5 Å². The number of amides is 2. The maximum absolute atomic E-state index is 12.9. The zero-order valence-electron chi connectivity index (χ0n) is 14.6. The Hall–Kier alpha value is -2.81. The third-order valence-corrected chi connectivity index (χ3v) is 4.20. The van der Waals surface area contributed by atoms with Crippen LogP contribution in [0.4, 0.5) is 14.2 Å². The zero-order chi connectivity index (χ0) is 19.1. The number of nitrogens with one attached hydrogen (secondary N) is 2. The highest BCUT2D eigenvalue weighted by Gasteiger charge is 2.16. The van der Waals surface area contributed by atoms with E-state index in [2.05, 4.69) is 20.2 Å². The van der Waals surface area contributed by atoms with Crippen molar-refractivity contribution in [2.75, 3.05) is 11.9 Å². The second-order valence-corrected chi connectivity index (χ2v) is 6.13. The maximum Gasteiger partial charge on any atom is 0.412 e. The Labute approximate surface area is 154 Å². The second-order valence-electron chi connectivity index (χ2n) is 5.35. The number of anilines is 1. The Morgan fingerprint density at radius 2 is 2.00 bits per heavy atom. The van der Waals surface area contributed by atoms with Crippen molar-refractivity contribution < 1.29 is 18.7 Å². The third kappa shape index (κ3) is 5.35. The first-order valence-electron chi connectivity index (χ1n) is 7.88. The van der Waals surface area contributed by atoms with E-state index in [1.165, 1.54) is 12.1 Å². The van der Waals surface area contributed by atoms with Crippen LogP contribution < -0.4 is 10.7 Å². The highest BCUT2D eigenvalue weighted by atomic mass is 32.1. The van der Waals surface area contributed by atoms with Gasteiger partial charge in [0.05, 0.1) is 30.0 Å². The van der Waals surface area contributed by atoms with Gasteiger partial charge in [-0.2, -0.15) is 9.47 Å². The number of halogens is 1. The number of hydrazone groups is 1. The Balaban J connectivity index is 2.04. The molecular formula is C17H19FN4O3S. The minimum absolute atomic E-state index is 0.0753. The molecule has 0 aliphatic heterocycles. The van der Waals surface area contributed by atoms with Crippen molar-refractivity contribution in [2.24, 2.45) is 5.10 Å². The Morgan fingerprint density at radius 3 is 2.65 bits per heavy atom. The van der Waals surface area contributed by atoms with Gasteiger partial charge in [0.25, 0.3) is 0 Å². The molecule has 138 valence electrons. The second kappa shape index (κ2) is 9.04. The minimum atomic E-state index is -0.578. The summed E-state index contributed by atoms with van der Waals surface area (Å²) in [6, 6.07) is 5.68. The van der Waals surface area contributed by atoms with E-state index in [9.17, 15) is 14.0 Å². The number of benzene rings is 1. The van der Waals surface area contributed by atoms with Gasteiger partial charge in [-0.05, 0) is 50.0 Å². The van der Waals surface area contributed by atoms with Crippen LogP contribution in [0.2, 0.25) is 0 Å². The average molecular weight is 378 g/mol. The summed E-state index contributed by atoms with van der Waals surface area (Å²) in [5.74, 6) is -0.693. The molecule has 0 aliphatic rings. The number of rotatable bonds is 6. The first-order valence-corrected chi connectivity index (χ1v) is 8.66. The quantitative estimate of drug-likeness (QED) is 0.596. The van der Waals surface area contributed by atoms with Gasteiger partial charge in [0.15, 0.2) is 0 Å². The predicted molar refractivity (Wildman–Crippen MR) is 98.0 cm³/mol. The molecule has 2 amide bonds. The molecule has 2 aromatic rings. The number of carbonyl (C=O) groups is 2. The van der Waals surface area contributed by atoms with Gasteiger partial charge in [0, 0.05) is 0 Å². The van der Waals surface area contributed by atoms with Gasteiger partial charge in [0.2, 0.25) is 5.91 Å². The molecule has 1 aromatic heterocycles. The van der Waals surface area contributed by atoms with Crippen molar-refractivity contribution in [2.45, 2.75) is 27.2 Å².